The number of imidazole rings is 1. The van der Waals surface area contributed by atoms with Crippen molar-refractivity contribution < 1.29 is 14.3 Å². The summed E-state index contributed by atoms with van der Waals surface area (Å²) in [6.07, 6.45) is 4.46. The van der Waals surface area contributed by atoms with Crippen LogP contribution in [0.15, 0.2) is 48.5 Å². The summed E-state index contributed by atoms with van der Waals surface area (Å²) in [4.78, 5) is 40.0. The molecule has 5 aromatic rings. The Kier molecular flexibility index (Phi) is 6.21. The van der Waals surface area contributed by atoms with Gasteiger partial charge in [0.15, 0.2) is 5.82 Å². The van der Waals surface area contributed by atoms with Crippen molar-refractivity contribution in [1.82, 2.24) is 28.9 Å². The quantitative estimate of drug-likeness (QED) is 0.262. The Morgan fingerprint density at radius 2 is 1.89 bits per heavy atom. The number of aromatic nitrogens is 4. The van der Waals surface area contributed by atoms with Crippen LogP contribution in [-0.2, 0) is 20.1 Å². The van der Waals surface area contributed by atoms with Gasteiger partial charge in [-0.15, -0.1) is 0 Å². The maximum Gasteiger partial charge on any atom is 0.254 e. The van der Waals surface area contributed by atoms with Crippen LogP contribution < -0.4 is 15.8 Å². The maximum atomic E-state index is 13.7. The minimum Gasteiger partial charge on any atom is -0.494 e. The van der Waals surface area contributed by atoms with Crippen molar-refractivity contribution in [1.29, 1.82) is 0 Å². The third-order valence-corrected chi connectivity index (χ3v) is 10.8. The topological polar surface area (TPSA) is 124 Å². The zero-order chi connectivity index (χ0) is 32.1. The summed E-state index contributed by atoms with van der Waals surface area (Å²) in [6.45, 7) is 2.17. The molecule has 0 spiro atoms. The molecular formula is C36H38N8O3. The molecule has 2 aromatic carbocycles. The number of rotatable bonds is 7. The predicted octanol–water partition coefficient (Wildman–Crippen LogP) is 4.90. The Balaban J connectivity index is 1.10. The number of hydrogen-bond donors (Lipinski definition) is 2. The number of likely N-dealkylation sites (tertiary alicyclic amines) is 1. The minimum absolute atomic E-state index is 0.00544. The Morgan fingerprint density at radius 1 is 1.04 bits per heavy atom. The Morgan fingerprint density at radius 3 is 2.64 bits per heavy atom. The second kappa shape index (κ2) is 10.3. The normalized spacial score (nSPS) is 21.8. The number of carbonyl (C=O) groups excluding carboxylic acids is 2. The van der Waals surface area contributed by atoms with Crippen molar-refractivity contribution in [2.45, 2.75) is 50.9 Å². The van der Waals surface area contributed by atoms with Gasteiger partial charge in [-0.3, -0.25) is 9.59 Å². The van der Waals surface area contributed by atoms with Gasteiger partial charge >= 0.3 is 0 Å². The van der Waals surface area contributed by atoms with Gasteiger partial charge in [-0.2, -0.15) is 0 Å². The molecule has 1 saturated heterocycles. The van der Waals surface area contributed by atoms with Crippen molar-refractivity contribution in [3.8, 4) is 17.3 Å². The molecule has 240 valence electrons. The van der Waals surface area contributed by atoms with Crippen molar-refractivity contribution in [2.75, 3.05) is 26.0 Å². The molecule has 5 heterocycles. The van der Waals surface area contributed by atoms with Gasteiger partial charge in [0.25, 0.3) is 11.8 Å². The molecule has 4 aliphatic rings. The molecule has 0 unspecified atom stereocenters. The van der Waals surface area contributed by atoms with Gasteiger partial charge in [0, 0.05) is 68.0 Å². The molecule has 11 heteroatoms. The number of amides is 2. The number of ether oxygens (including phenoxy) is 1. The molecule has 3 fully saturated rings. The molecule has 2 bridgehead atoms. The highest BCUT2D eigenvalue weighted by Crippen LogP contribution is 2.40. The van der Waals surface area contributed by atoms with Crippen molar-refractivity contribution in [3.63, 3.8) is 0 Å². The van der Waals surface area contributed by atoms with Crippen LogP contribution in [0.25, 0.3) is 33.6 Å². The van der Waals surface area contributed by atoms with Crippen LogP contribution in [0.1, 0.15) is 52.0 Å². The second-order valence-corrected chi connectivity index (χ2v) is 13.8. The first-order chi connectivity index (χ1) is 22.8. The van der Waals surface area contributed by atoms with E-state index in [4.69, 9.17) is 20.4 Å². The first kappa shape index (κ1) is 28.3. The number of benzene rings is 2. The van der Waals surface area contributed by atoms with Gasteiger partial charge in [0.05, 0.1) is 18.3 Å². The van der Waals surface area contributed by atoms with E-state index in [2.05, 4.69) is 26.6 Å². The van der Waals surface area contributed by atoms with Gasteiger partial charge in [-0.25, -0.2) is 9.97 Å². The fourth-order valence-electron chi connectivity index (χ4n) is 8.08. The van der Waals surface area contributed by atoms with E-state index in [0.29, 0.717) is 36.2 Å². The molecule has 47 heavy (non-hydrogen) atoms. The largest absolute Gasteiger partial charge is 0.494 e. The summed E-state index contributed by atoms with van der Waals surface area (Å²) in [6, 6.07) is 16.0. The van der Waals surface area contributed by atoms with Crippen LogP contribution in [0.2, 0.25) is 0 Å². The van der Waals surface area contributed by atoms with Gasteiger partial charge in [0.1, 0.15) is 22.7 Å². The number of methoxy groups -OCH3 is 1. The third-order valence-electron chi connectivity index (χ3n) is 10.8. The maximum absolute atomic E-state index is 13.7. The van der Waals surface area contributed by atoms with Crippen molar-refractivity contribution in [2.24, 2.45) is 24.6 Å². The fourth-order valence-corrected chi connectivity index (χ4v) is 8.08. The highest BCUT2D eigenvalue weighted by Gasteiger charge is 2.47. The molecule has 3 atom stereocenters. The fraction of sp³-hybridized carbons (Fsp3) is 0.389. The zero-order valence-corrected chi connectivity index (χ0v) is 26.9. The number of anilines is 2. The molecule has 2 amide bonds. The van der Waals surface area contributed by atoms with Gasteiger partial charge in [-0.05, 0) is 91.6 Å². The van der Waals surface area contributed by atoms with Gasteiger partial charge in [0.2, 0.25) is 0 Å². The third kappa shape index (κ3) is 4.43. The number of pyridine rings is 1. The van der Waals surface area contributed by atoms with E-state index in [1.54, 1.807) is 12.0 Å². The van der Waals surface area contributed by atoms with Crippen LogP contribution in [0.5, 0.6) is 5.75 Å². The lowest BCUT2D eigenvalue weighted by molar-refractivity contribution is 0.0700. The number of fused-ring (bicyclic) bond motifs is 5. The summed E-state index contributed by atoms with van der Waals surface area (Å²) in [5.74, 6) is 3.20. The number of piperidine rings is 1. The SMILES string of the molecule is COc1cc(C(=O)N2C[C@H]3CC[C@@H]2[C@@H]3N)cc2nc(-c3cc4ccc(Nc5ccc6c(c5)CN(C)C6=O)nc4n3CC3CC3)n(C)c12. The lowest BCUT2D eigenvalue weighted by Gasteiger charge is -2.27. The first-order valence-electron chi connectivity index (χ1n) is 16.5. The van der Waals surface area contributed by atoms with Crippen LogP contribution in [0.4, 0.5) is 11.5 Å². The van der Waals surface area contributed by atoms with E-state index < -0.39 is 0 Å². The molecular weight excluding hydrogens is 592 g/mol. The van der Waals surface area contributed by atoms with Crippen LogP contribution in [0.3, 0.4) is 0 Å². The standard InChI is InChI=1S/C36H38N8O3/c1-41-17-23-12-24(8-9-25(23)36(41)46)38-30-11-7-20-14-28(43(33(20)40-30)16-19-4-5-19)34-39-26-13-22(15-29(47-3)32(26)42(34)2)35(45)44-18-21-6-10-27(44)31(21)37/h7-9,11-15,19,21,27,31H,4-6,10,16-18,37H2,1-3H3,(H,38,40)/t21-,27-,31-/m1/s1. The number of nitrogens with zero attached hydrogens (tertiary/aromatic N) is 6. The average molecular weight is 631 g/mol. The molecule has 3 aromatic heterocycles. The molecule has 2 aliphatic heterocycles. The van der Waals surface area contributed by atoms with E-state index in [1.807, 2.05) is 55.4 Å². The monoisotopic (exact) mass is 630 g/mol. The Hall–Kier alpha value is -4.90. The van der Waals surface area contributed by atoms with Gasteiger partial charge in [-0.1, -0.05) is 0 Å². The molecule has 9 rings (SSSR count). The number of aryl methyl sites for hydroxylation is 1. The van der Waals surface area contributed by atoms with E-state index in [0.717, 1.165) is 75.6 Å². The van der Waals surface area contributed by atoms with Crippen LogP contribution >= 0.6 is 0 Å². The lowest BCUT2D eigenvalue weighted by Crippen LogP contribution is -2.41. The van der Waals surface area contributed by atoms with E-state index in [9.17, 15) is 9.59 Å². The summed E-state index contributed by atoms with van der Waals surface area (Å²) in [5, 5.41) is 4.50. The summed E-state index contributed by atoms with van der Waals surface area (Å²) in [7, 11) is 5.47. The van der Waals surface area contributed by atoms with Crippen LogP contribution in [0, 0.1) is 11.8 Å². The molecule has 0 radical (unpaired) electrons. The second-order valence-electron chi connectivity index (χ2n) is 13.8. The average Bonchev–Trinajstić information content (AvgIpc) is 3.27. The van der Waals surface area contributed by atoms with E-state index >= 15 is 0 Å². The number of carbonyl (C=O) groups is 2. The van der Waals surface area contributed by atoms with Crippen molar-refractivity contribution >= 4 is 45.4 Å². The molecule has 2 aliphatic carbocycles. The molecule has 2 saturated carbocycles. The summed E-state index contributed by atoms with van der Waals surface area (Å²) >= 11 is 0. The number of nitrogens with one attached hydrogen (secondary N) is 1. The predicted molar refractivity (Wildman–Crippen MR) is 180 cm³/mol. The first-order valence-corrected chi connectivity index (χ1v) is 16.5. The van der Waals surface area contributed by atoms with E-state index in [-0.39, 0.29) is 23.9 Å². The Labute approximate surface area is 272 Å². The number of nitrogens with two attached hydrogens (primary N) is 1. The highest BCUT2D eigenvalue weighted by molar-refractivity contribution is 6.01. The summed E-state index contributed by atoms with van der Waals surface area (Å²) < 4.78 is 10.2. The van der Waals surface area contributed by atoms with Gasteiger partial charge < -0.3 is 34.7 Å². The smallest absolute Gasteiger partial charge is 0.254 e. The summed E-state index contributed by atoms with van der Waals surface area (Å²) in [5.41, 5.74) is 13.1. The highest BCUT2D eigenvalue weighted by atomic mass is 16.5. The van der Waals surface area contributed by atoms with E-state index in [1.165, 1.54) is 12.8 Å². The van der Waals surface area contributed by atoms with Crippen LogP contribution in [-0.4, -0.2) is 73.5 Å². The lowest BCUT2D eigenvalue weighted by atomic mass is 10.1. The minimum atomic E-state index is -0.00544. The Bertz CT molecular complexity index is 2130. The zero-order valence-electron chi connectivity index (χ0n) is 26.9. The number of hydrogen-bond acceptors (Lipinski definition) is 7. The molecule has 11 nitrogen and oxygen atoms in total. The van der Waals surface area contributed by atoms with Crippen molar-refractivity contribution in [3.05, 3.63) is 65.2 Å². The molecule has 3 N–H and O–H groups in total.